The van der Waals surface area contributed by atoms with Gasteiger partial charge in [-0.15, -0.1) is 0 Å². The molecule has 0 amide bonds. The van der Waals surface area contributed by atoms with Crippen molar-refractivity contribution in [1.29, 1.82) is 0 Å². The SMILES string of the molecule is CN(C)S(=O)(=O)c1ccc(C(=O)c2cc(CC(=O)OC(=O)Cc3cc(C(=O)c4ccc(S(N)(=O)=O)cc4)c4cc(F)ccc4c3)cc3ccccc23)cc1. The zero-order chi connectivity index (χ0) is 38.9. The van der Waals surface area contributed by atoms with E-state index in [1.807, 2.05) is 0 Å². The molecule has 0 aliphatic heterocycles. The normalized spacial score (nSPS) is 11.9. The molecule has 0 heterocycles. The van der Waals surface area contributed by atoms with Gasteiger partial charge < -0.3 is 4.74 Å². The third-order valence-electron chi connectivity index (χ3n) is 8.65. The molecule has 6 aromatic rings. The third kappa shape index (κ3) is 8.01. The summed E-state index contributed by atoms with van der Waals surface area (Å²) in [6.07, 6.45) is -0.795. The maximum Gasteiger partial charge on any atom is 0.317 e. The number of fused-ring (bicyclic) bond motifs is 2. The van der Waals surface area contributed by atoms with E-state index in [0.717, 1.165) is 4.31 Å². The molecular weight excluding hydrogens is 736 g/mol. The van der Waals surface area contributed by atoms with Crippen LogP contribution in [-0.2, 0) is 47.2 Å². The number of carbonyl (C=O) groups is 4. The van der Waals surface area contributed by atoms with Crippen molar-refractivity contribution < 1.29 is 45.1 Å². The van der Waals surface area contributed by atoms with Crippen LogP contribution in [0, 0.1) is 5.82 Å². The van der Waals surface area contributed by atoms with Gasteiger partial charge in [0.05, 0.1) is 22.6 Å². The van der Waals surface area contributed by atoms with Gasteiger partial charge in [-0.05, 0) is 105 Å². The third-order valence-corrected chi connectivity index (χ3v) is 11.4. The Morgan fingerprint density at radius 3 is 1.61 bits per heavy atom. The first-order valence-electron chi connectivity index (χ1n) is 16.2. The Morgan fingerprint density at radius 1 is 0.611 bits per heavy atom. The van der Waals surface area contributed by atoms with Crippen LogP contribution in [-0.4, -0.2) is 58.7 Å². The van der Waals surface area contributed by atoms with Crippen molar-refractivity contribution in [2.75, 3.05) is 14.1 Å². The number of carbonyl (C=O) groups excluding carboxylic acids is 4. The zero-order valence-corrected chi connectivity index (χ0v) is 30.4. The van der Waals surface area contributed by atoms with E-state index in [9.17, 15) is 40.4 Å². The lowest BCUT2D eigenvalue weighted by Gasteiger charge is -2.13. The first kappa shape index (κ1) is 37.8. The molecule has 0 saturated carbocycles. The number of benzene rings is 6. The highest BCUT2D eigenvalue weighted by atomic mass is 32.2. The second-order valence-electron chi connectivity index (χ2n) is 12.6. The Hall–Kier alpha value is -5.93. The summed E-state index contributed by atoms with van der Waals surface area (Å²) in [5, 5.41) is 7.09. The lowest BCUT2D eigenvalue weighted by Crippen LogP contribution is -2.22. The van der Waals surface area contributed by atoms with Gasteiger partial charge in [0.25, 0.3) is 0 Å². The summed E-state index contributed by atoms with van der Waals surface area (Å²) in [6.45, 7) is 0. The lowest BCUT2D eigenvalue weighted by molar-refractivity contribution is -0.158. The zero-order valence-electron chi connectivity index (χ0n) is 28.8. The predicted octanol–water partition coefficient (Wildman–Crippen LogP) is 5.35. The summed E-state index contributed by atoms with van der Waals surface area (Å²) in [6, 6.07) is 27.4. The monoisotopic (exact) mass is 766 g/mol. The second-order valence-corrected chi connectivity index (χ2v) is 16.3. The molecule has 0 unspecified atom stereocenters. The topological polar surface area (TPSA) is 175 Å². The smallest absolute Gasteiger partial charge is 0.317 e. The summed E-state index contributed by atoms with van der Waals surface area (Å²) < 4.78 is 68.8. The van der Waals surface area contributed by atoms with E-state index in [1.165, 1.54) is 93.0 Å². The molecule has 0 atom stereocenters. The van der Waals surface area contributed by atoms with Gasteiger partial charge in [-0.1, -0.05) is 42.5 Å². The van der Waals surface area contributed by atoms with E-state index in [1.54, 1.807) is 36.4 Å². The van der Waals surface area contributed by atoms with E-state index >= 15 is 0 Å². The number of ether oxygens (including phenoxy) is 1. The van der Waals surface area contributed by atoms with Crippen molar-refractivity contribution in [2.24, 2.45) is 5.14 Å². The fraction of sp³-hybridized carbons (Fsp3) is 0.100. The van der Waals surface area contributed by atoms with Crippen molar-refractivity contribution in [1.82, 2.24) is 4.31 Å². The Bertz CT molecular complexity index is 2730. The van der Waals surface area contributed by atoms with E-state index in [-0.39, 0.29) is 43.9 Å². The van der Waals surface area contributed by atoms with Crippen molar-refractivity contribution in [3.8, 4) is 0 Å². The molecule has 6 aromatic carbocycles. The number of esters is 2. The molecule has 6 rings (SSSR count). The van der Waals surface area contributed by atoms with Gasteiger partial charge in [0.1, 0.15) is 5.82 Å². The minimum atomic E-state index is -4.01. The Morgan fingerprint density at radius 2 is 1.09 bits per heavy atom. The van der Waals surface area contributed by atoms with E-state index in [4.69, 9.17) is 9.88 Å². The quantitative estimate of drug-likeness (QED) is 0.104. The van der Waals surface area contributed by atoms with E-state index in [0.29, 0.717) is 27.3 Å². The van der Waals surface area contributed by atoms with Crippen molar-refractivity contribution >= 4 is 65.1 Å². The molecule has 0 aliphatic rings. The van der Waals surface area contributed by atoms with Crippen LogP contribution in [0.15, 0.2) is 125 Å². The highest BCUT2D eigenvalue weighted by molar-refractivity contribution is 7.89. The second kappa shape index (κ2) is 14.8. The maximum atomic E-state index is 14.3. The molecular formula is C40H31FN2O9S2. The van der Waals surface area contributed by atoms with Crippen LogP contribution in [0.4, 0.5) is 4.39 Å². The molecule has 0 bridgehead atoms. The van der Waals surface area contributed by atoms with Crippen LogP contribution in [0.25, 0.3) is 21.5 Å². The molecule has 0 aromatic heterocycles. The van der Waals surface area contributed by atoms with Gasteiger partial charge in [-0.2, -0.15) is 0 Å². The van der Waals surface area contributed by atoms with Crippen LogP contribution in [0.2, 0.25) is 0 Å². The Balaban J connectivity index is 1.22. The molecule has 274 valence electrons. The summed E-state index contributed by atoms with van der Waals surface area (Å²) in [5.41, 5.74) is 1.28. The van der Waals surface area contributed by atoms with Crippen LogP contribution >= 0.6 is 0 Å². The first-order chi connectivity index (χ1) is 25.5. The first-order valence-corrected chi connectivity index (χ1v) is 19.2. The number of rotatable bonds is 11. The molecule has 0 radical (unpaired) electrons. The minimum Gasteiger partial charge on any atom is -0.393 e. The molecule has 0 saturated heterocycles. The van der Waals surface area contributed by atoms with Crippen LogP contribution in [0.1, 0.15) is 43.0 Å². The van der Waals surface area contributed by atoms with Crippen LogP contribution < -0.4 is 5.14 Å². The maximum absolute atomic E-state index is 14.3. The Labute approximate surface area is 309 Å². The summed E-state index contributed by atoms with van der Waals surface area (Å²) in [7, 11) is -4.91. The van der Waals surface area contributed by atoms with Crippen molar-refractivity contribution in [3.05, 3.63) is 154 Å². The van der Waals surface area contributed by atoms with Crippen LogP contribution in [0.3, 0.4) is 0 Å². The van der Waals surface area contributed by atoms with E-state index in [2.05, 4.69) is 0 Å². The predicted molar refractivity (Wildman–Crippen MR) is 198 cm³/mol. The number of hydrogen-bond acceptors (Lipinski definition) is 9. The molecule has 2 N–H and O–H groups in total. The number of hydrogen-bond donors (Lipinski definition) is 1. The standard InChI is InChI=1S/C40H31FN2O9S2/c1-43(2)54(50,51)32-15-10-27(11-16-32)39(46)35-19-24(17-28-5-3-4-6-33(28)35)21-37(44)52-38(45)22-25-18-29-7-12-30(41)23-34(29)36(20-25)40(47)26-8-13-31(14-9-26)53(42,48)49/h3-20,23H,21-22H2,1-2H3,(H2,42,48,49). The van der Waals surface area contributed by atoms with Gasteiger partial charge in [-0.3, -0.25) is 19.2 Å². The Kier molecular flexibility index (Phi) is 10.4. The summed E-state index contributed by atoms with van der Waals surface area (Å²) in [4.78, 5) is 53.2. The average Bonchev–Trinajstić information content (AvgIpc) is 3.13. The number of primary sulfonamides is 1. The lowest BCUT2D eigenvalue weighted by atomic mass is 9.94. The highest BCUT2D eigenvalue weighted by Crippen LogP contribution is 2.28. The van der Waals surface area contributed by atoms with E-state index < -0.39 is 55.8 Å². The number of ketones is 2. The van der Waals surface area contributed by atoms with Gasteiger partial charge >= 0.3 is 11.9 Å². The van der Waals surface area contributed by atoms with Crippen LogP contribution in [0.5, 0.6) is 0 Å². The fourth-order valence-corrected chi connectivity index (χ4v) is 7.39. The van der Waals surface area contributed by atoms with Crippen molar-refractivity contribution in [2.45, 2.75) is 22.6 Å². The summed E-state index contributed by atoms with van der Waals surface area (Å²) in [5.74, 6) is -3.42. The van der Waals surface area contributed by atoms with Gasteiger partial charge in [0.15, 0.2) is 11.6 Å². The van der Waals surface area contributed by atoms with Gasteiger partial charge in [0.2, 0.25) is 20.0 Å². The largest absolute Gasteiger partial charge is 0.393 e. The molecule has 0 spiro atoms. The summed E-state index contributed by atoms with van der Waals surface area (Å²) >= 11 is 0. The highest BCUT2D eigenvalue weighted by Gasteiger charge is 2.22. The number of nitrogens with zero attached hydrogens (tertiary/aromatic N) is 1. The minimum absolute atomic E-state index is 0.0209. The molecule has 11 nitrogen and oxygen atoms in total. The number of nitrogens with two attached hydrogens (primary N) is 1. The number of halogens is 1. The average molecular weight is 767 g/mol. The molecule has 0 aliphatic carbocycles. The molecule has 14 heteroatoms. The van der Waals surface area contributed by atoms with Gasteiger partial charge in [-0.25, -0.2) is 30.7 Å². The molecule has 0 fully saturated rings. The fourth-order valence-electron chi connectivity index (χ4n) is 5.97. The van der Waals surface area contributed by atoms with Crippen molar-refractivity contribution in [3.63, 3.8) is 0 Å². The number of sulfonamides is 2. The molecule has 54 heavy (non-hydrogen) atoms. The van der Waals surface area contributed by atoms with Gasteiger partial charge in [0, 0.05) is 36.3 Å².